The second-order valence-electron chi connectivity index (χ2n) is 6.57. The van der Waals surface area contributed by atoms with Crippen molar-refractivity contribution < 1.29 is 4.79 Å². The van der Waals surface area contributed by atoms with Gasteiger partial charge in [-0.25, -0.2) is 0 Å². The molecular formula is C18H27N3OS. The third-order valence-electron chi connectivity index (χ3n) is 4.92. The van der Waals surface area contributed by atoms with Crippen molar-refractivity contribution in [1.29, 1.82) is 0 Å². The van der Waals surface area contributed by atoms with Gasteiger partial charge in [0.05, 0.1) is 6.04 Å². The summed E-state index contributed by atoms with van der Waals surface area (Å²) in [5, 5.41) is 6.32. The number of likely N-dealkylation sites (tertiary alicyclic amines) is 1. The van der Waals surface area contributed by atoms with Crippen LogP contribution in [0.25, 0.3) is 0 Å². The second kappa shape index (κ2) is 8.18. The first kappa shape index (κ1) is 16.8. The second-order valence-corrected chi connectivity index (χ2v) is 7.60. The molecule has 1 aromatic carbocycles. The molecule has 0 bridgehead atoms. The number of benzene rings is 1. The van der Waals surface area contributed by atoms with Gasteiger partial charge in [0.1, 0.15) is 0 Å². The van der Waals surface area contributed by atoms with Gasteiger partial charge in [0.15, 0.2) is 0 Å². The first-order chi connectivity index (χ1) is 11.2. The highest BCUT2D eigenvalue weighted by atomic mass is 32.2. The molecule has 1 amide bonds. The number of nitrogens with zero attached hydrogens (tertiary/aromatic N) is 1. The molecule has 1 unspecified atom stereocenters. The molecular weight excluding hydrogens is 306 g/mol. The lowest BCUT2D eigenvalue weighted by Crippen LogP contribution is -2.42. The van der Waals surface area contributed by atoms with Gasteiger partial charge in [-0.15, -0.1) is 11.8 Å². The van der Waals surface area contributed by atoms with E-state index >= 15 is 0 Å². The number of piperidine rings is 1. The molecule has 2 aliphatic heterocycles. The molecule has 2 saturated heterocycles. The van der Waals surface area contributed by atoms with E-state index in [1.165, 1.54) is 36.9 Å². The van der Waals surface area contributed by atoms with Crippen LogP contribution in [-0.2, 0) is 17.9 Å². The van der Waals surface area contributed by atoms with E-state index in [4.69, 9.17) is 0 Å². The Labute approximate surface area is 143 Å². The fourth-order valence-electron chi connectivity index (χ4n) is 3.36. The molecule has 4 nitrogen and oxygen atoms in total. The van der Waals surface area contributed by atoms with Crippen LogP contribution in [0, 0.1) is 0 Å². The van der Waals surface area contributed by atoms with Crippen LogP contribution >= 0.6 is 11.8 Å². The number of thioether (sulfide) groups is 1. The molecule has 0 spiro atoms. The van der Waals surface area contributed by atoms with Gasteiger partial charge in [-0.1, -0.05) is 30.7 Å². The molecule has 126 valence electrons. The van der Waals surface area contributed by atoms with Gasteiger partial charge in [0, 0.05) is 30.8 Å². The van der Waals surface area contributed by atoms with Gasteiger partial charge in [-0.3, -0.25) is 15.0 Å². The lowest BCUT2D eigenvalue weighted by atomic mass is 10.0. The third-order valence-corrected chi connectivity index (χ3v) is 5.86. The monoisotopic (exact) mass is 333 g/mol. The van der Waals surface area contributed by atoms with E-state index in [9.17, 15) is 4.79 Å². The highest BCUT2D eigenvalue weighted by molar-refractivity contribution is 7.99. The zero-order chi connectivity index (χ0) is 16.1. The predicted octanol–water partition coefficient (Wildman–Crippen LogP) is 2.34. The summed E-state index contributed by atoms with van der Waals surface area (Å²) in [5.74, 6) is 1.87. The van der Waals surface area contributed by atoms with E-state index in [1.54, 1.807) is 11.8 Å². The Kier molecular flexibility index (Phi) is 5.97. The average molecular weight is 334 g/mol. The van der Waals surface area contributed by atoms with Crippen LogP contribution in [0.15, 0.2) is 24.3 Å². The van der Waals surface area contributed by atoms with Crippen molar-refractivity contribution in [2.75, 3.05) is 18.2 Å². The van der Waals surface area contributed by atoms with E-state index in [0.29, 0.717) is 12.6 Å². The molecule has 3 rings (SSSR count). The Bertz CT molecular complexity index is 531. The van der Waals surface area contributed by atoms with Crippen molar-refractivity contribution in [3.05, 3.63) is 35.4 Å². The molecule has 0 aromatic heterocycles. The van der Waals surface area contributed by atoms with Crippen molar-refractivity contribution >= 4 is 17.7 Å². The number of hydrogen-bond acceptors (Lipinski definition) is 4. The van der Waals surface area contributed by atoms with E-state index in [1.807, 2.05) is 0 Å². The van der Waals surface area contributed by atoms with E-state index in [2.05, 4.69) is 46.7 Å². The van der Waals surface area contributed by atoms with Crippen LogP contribution in [0.5, 0.6) is 0 Å². The highest BCUT2D eigenvalue weighted by Gasteiger charge is 2.23. The smallest absolute Gasteiger partial charge is 0.238 e. The van der Waals surface area contributed by atoms with Crippen LogP contribution in [0.3, 0.4) is 0 Å². The minimum Gasteiger partial charge on any atom is -0.351 e. The number of rotatable bonds is 5. The Morgan fingerprint density at radius 3 is 2.91 bits per heavy atom. The fraction of sp³-hybridized carbons (Fsp3) is 0.611. The van der Waals surface area contributed by atoms with Crippen LogP contribution in [0.1, 0.15) is 37.3 Å². The number of carbonyl (C=O) groups is 1. The molecule has 2 aliphatic rings. The lowest BCUT2D eigenvalue weighted by Gasteiger charge is -2.33. The molecule has 5 heteroatoms. The Morgan fingerprint density at radius 2 is 2.17 bits per heavy atom. The zero-order valence-electron chi connectivity index (χ0n) is 13.9. The van der Waals surface area contributed by atoms with Crippen LogP contribution in [0.4, 0.5) is 0 Å². The maximum absolute atomic E-state index is 12.2. The highest BCUT2D eigenvalue weighted by Crippen LogP contribution is 2.21. The average Bonchev–Trinajstić information content (AvgIpc) is 3.10. The van der Waals surface area contributed by atoms with Crippen molar-refractivity contribution in [2.45, 2.75) is 51.4 Å². The molecule has 2 atom stereocenters. The SMILES string of the molecule is CC1CCCCN1Cc1ccccc1CNC(=O)[C@H]1CSCN1. The van der Waals surface area contributed by atoms with Gasteiger partial charge < -0.3 is 5.32 Å². The maximum atomic E-state index is 12.2. The van der Waals surface area contributed by atoms with E-state index < -0.39 is 0 Å². The minimum atomic E-state index is -0.0331. The molecule has 0 saturated carbocycles. The van der Waals surface area contributed by atoms with Crippen LogP contribution in [-0.4, -0.2) is 41.1 Å². The predicted molar refractivity (Wildman–Crippen MR) is 96.3 cm³/mol. The van der Waals surface area contributed by atoms with E-state index in [0.717, 1.165) is 18.2 Å². The molecule has 0 radical (unpaired) electrons. The molecule has 0 aliphatic carbocycles. The summed E-state index contributed by atoms with van der Waals surface area (Å²) in [6, 6.07) is 9.13. The Balaban J connectivity index is 1.59. The topological polar surface area (TPSA) is 44.4 Å². The summed E-state index contributed by atoms with van der Waals surface area (Å²) in [4.78, 5) is 14.7. The van der Waals surface area contributed by atoms with Crippen molar-refractivity contribution in [3.8, 4) is 0 Å². The molecule has 23 heavy (non-hydrogen) atoms. The fourth-order valence-corrected chi connectivity index (χ4v) is 4.31. The zero-order valence-corrected chi connectivity index (χ0v) is 14.7. The van der Waals surface area contributed by atoms with Gasteiger partial charge >= 0.3 is 0 Å². The summed E-state index contributed by atoms with van der Waals surface area (Å²) >= 11 is 1.78. The van der Waals surface area contributed by atoms with Crippen molar-refractivity contribution in [1.82, 2.24) is 15.5 Å². The number of nitrogens with one attached hydrogen (secondary N) is 2. The Hall–Kier alpha value is -1.04. The number of carbonyl (C=O) groups excluding carboxylic acids is 1. The first-order valence-electron chi connectivity index (χ1n) is 8.63. The summed E-state index contributed by atoms with van der Waals surface area (Å²) in [5.41, 5.74) is 2.58. The van der Waals surface area contributed by atoms with Gasteiger partial charge in [-0.05, 0) is 37.4 Å². The summed E-state index contributed by atoms with van der Waals surface area (Å²) in [6.45, 7) is 5.13. The van der Waals surface area contributed by atoms with Crippen molar-refractivity contribution in [3.63, 3.8) is 0 Å². The van der Waals surface area contributed by atoms with Gasteiger partial charge in [0.2, 0.25) is 5.91 Å². The molecule has 2 fully saturated rings. The number of hydrogen-bond donors (Lipinski definition) is 2. The minimum absolute atomic E-state index is 0.0331. The van der Waals surface area contributed by atoms with Gasteiger partial charge in [-0.2, -0.15) is 0 Å². The largest absolute Gasteiger partial charge is 0.351 e. The molecule has 2 N–H and O–H groups in total. The first-order valence-corrected chi connectivity index (χ1v) is 9.79. The summed E-state index contributed by atoms with van der Waals surface area (Å²) in [6.07, 6.45) is 3.94. The maximum Gasteiger partial charge on any atom is 0.238 e. The Morgan fingerprint density at radius 1 is 1.35 bits per heavy atom. The summed E-state index contributed by atoms with van der Waals surface area (Å²) in [7, 11) is 0. The normalized spacial score (nSPS) is 25.4. The van der Waals surface area contributed by atoms with Crippen molar-refractivity contribution in [2.24, 2.45) is 0 Å². The molecule has 1 aromatic rings. The summed E-state index contributed by atoms with van der Waals surface area (Å²) < 4.78 is 0. The van der Waals surface area contributed by atoms with E-state index in [-0.39, 0.29) is 11.9 Å². The third kappa shape index (κ3) is 4.49. The standard InChI is InChI=1S/C18H27N3OS/c1-14-6-4-5-9-21(14)11-16-8-3-2-7-15(16)10-19-18(22)17-12-23-13-20-17/h2-3,7-8,14,17,20H,4-6,9-13H2,1H3,(H,19,22)/t14?,17-/m1/s1. The molecule has 2 heterocycles. The van der Waals surface area contributed by atoms with Crippen LogP contribution < -0.4 is 10.6 Å². The van der Waals surface area contributed by atoms with Gasteiger partial charge in [0.25, 0.3) is 0 Å². The quantitative estimate of drug-likeness (QED) is 0.868. The lowest BCUT2D eigenvalue weighted by molar-refractivity contribution is -0.122. The number of amides is 1. The van der Waals surface area contributed by atoms with Crippen LogP contribution in [0.2, 0.25) is 0 Å².